The number of fused-ring (bicyclic) bond motifs is 3. The Morgan fingerprint density at radius 2 is 1.03 bits per heavy atom. The minimum absolute atomic E-state index is 0.0154. The number of aromatic amines is 3. The van der Waals surface area contributed by atoms with Crippen molar-refractivity contribution < 1.29 is 73.4 Å². The number of nitrogens with zero attached hydrogens (tertiary/aromatic N) is 11. The van der Waals surface area contributed by atoms with Crippen molar-refractivity contribution in [3.63, 3.8) is 0 Å². The summed E-state index contributed by atoms with van der Waals surface area (Å²) in [5.41, 5.74) is 2.26. The molecule has 10 aromatic heterocycles. The normalized spacial score (nSPS) is 10.6. The van der Waals surface area contributed by atoms with Gasteiger partial charge in [-0.05, 0) is 111 Å². The fraction of sp³-hybridized carbons (Fsp3) is 0.115. The minimum atomic E-state index is -1.07. The van der Waals surface area contributed by atoms with Crippen LogP contribution in [0.1, 0.15) is 63.2 Å². The van der Waals surface area contributed by atoms with Gasteiger partial charge in [-0.3, -0.25) is 24.9 Å². The van der Waals surface area contributed by atoms with Crippen LogP contribution in [0.2, 0.25) is 0 Å². The monoisotopic (exact) mass is 1270 g/mol. The number of rotatable bonds is 13. The lowest BCUT2D eigenvalue weighted by molar-refractivity contribution is -0.137. The quantitative estimate of drug-likeness (QED) is 0.00959. The second kappa shape index (κ2) is 33.2. The Bertz CT molecular complexity index is 4530. The van der Waals surface area contributed by atoms with Gasteiger partial charge in [0.05, 0.1) is 53.5 Å². The molecule has 0 aliphatic heterocycles. The fourth-order valence-electron chi connectivity index (χ4n) is 7.76. The van der Waals surface area contributed by atoms with Crippen LogP contribution < -0.4 is 5.84 Å². The second-order valence-corrected chi connectivity index (χ2v) is 17.7. The molecule has 0 spiro atoms. The van der Waals surface area contributed by atoms with Gasteiger partial charge in [0.15, 0.2) is 63.2 Å². The van der Waals surface area contributed by atoms with Gasteiger partial charge in [0.1, 0.15) is 11.4 Å². The number of esters is 3. The number of H-pyrrole nitrogens is 3. The van der Waals surface area contributed by atoms with Gasteiger partial charge in [0.25, 0.3) is 5.78 Å². The SMILES string of the molecule is CCOC(=O)/C(=N\N)c1cccnc1F.CCOC(=O)C(=O)c1cccnc1F.CCOC(=O)c1[nH]nc2ncccc12.Fc1cccc(-c2cnoc2-c2[nH]nc3ncccc23)c1F.Fc1ccccn1.O=C(Cc1cccc(F)c1F)c1[nH]nc2ncccc12. The van der Waals surface area contributed by atoms with Crippen LogP contribution in [0, 0.1) is 41.1 Å². The van der Waals surface area contributed by atoms with Gasteiger partial charge in [0.2, 0.25) is 17.8 Å². The predicted molar refractivity (Wildman–Crippen MR) is 314 cm³/mol. The molecule has 0 saturated carbocycles. The van der Waals surface area contributed by atoms with Crippen LogP contribution in [0.15, 0.2) is 168 Å². The summed E-state index contributed by atoms with van der Waals surface area (Å²) in [5.74, 6) is -4.40. The first-order valence-electron chi connectivity index (χ1n) is 26.9. The lowest BCUT2D eigenvalue weighted by atomic mass is 10.0. The first kappa shape index (κ1) is 67.2. The highest BCUT2D eigenvalue weighted by molar-refractivity contribution is 6.43. The first-order chi connectivity index (χ1) is 44.5. The number of halogens is 7. The smallest absolute Gasteiger partial charge is 0.379 e. The van der Waals surface area contributed by atoms with Gasteiger partial charge in [-0.2, -0.15) is 33.6 Å². The molecular formula is C61H48F7N15O9. The number of hydrogen-bond acceptors (Lipinski definition) is 21. The molecule has 0 fully saturated rings. The van der Waals surface area contributed by atoms with Gasteiger partial charge in [-0.25, -0.2) is 61.8 Å². The predicted octanol–water partition coefficient (Wildman–Crippen LogP) is 9.99. The molecular weight excluding hydrogens is 1220 g/mol. The molecule has 470 valence electrons. The van der Waals surface area contributed by atoms with Crippen LogP contribution >= 0.6 is 0 Å². The van der Waals surface area contributed by atoms with E-state index < -0.39 is 64.8 Å². The van der Waals surface area contributed by atoms with E-state index in [4.69, 9.17) is 15.1 Å². The molecule has 0 amide bonds. The summed E-state index contributed by atoms with van der Waals surface area (Å²) >= 11 is 0. The Balaban J connectivity index is 0.000000161. The van der Waals surface area contributed by atoms with Crippen molar-refractivity contribution in [3.05, 3.63) is 228 Å². The molecule has 12 rings (SSSR count). The number of ketones is 2. The zero-order valence-electron chi connectivity index (χ0n) is 48.2. The molecule has 0 saturated heterocycles. The van der Waals surface area contributed by atoms with Crippen LogP contribution in [-0.4, -0.2) is 121 Å². The van der Waals surface area contributed by atoms with E-state index in [0.717, 1.165) is 12.1 Å². The second-order valence-electron chi connectivity index (χ2n) is 17.7. The standard InChI is InChI=1S/C15H8F2N4O.C14H9F2N3O.C9H10FN3O2.C9H8FNO3.C9H9N3O2.C5H4FN/c16-11-5-1-3-8(12(11)17)10-7-19-22-14(10)13-9-4-2-6-18-15(9)21-20-13;15-10-5-1-3-8(12(10)16)7-11(20)13-9-4-2-6-17-14(9)19-18-13;1-2-15-9(14)7(13-11)6-4-3-5-12-8(6)10;1-2-14-9(13)7(12)6-4-3-5-11-8(6)10;1-2-14-9(13)7-6-4-3-5-10-8(6)12-11-7;6-5-3-1-2-4-7-5/h1-7H,(H,18,20,21);1-6H,7H2,(H,17,18,19);3-5H,2,11H2,1H3;3-5H,2H2,1H3;3-5H,2H2,1H3,(H,10,11,12);1-4H/b;;13-7-;;;. The molecule has 0 bridgehead atoms. The number of ether oxygens (including phenoxy) is 3. The van der Waals surface area contributed by atoms with Crippen molar-refractivity contribution in [3.8, 4) is 22.6 Å². The number of carbonyl (C=O) groups excluding carboxylic acids is 5. The number of aromatic nitrogens is 13. The van der Waals surface area contributed by atoms with E-state index in [1.54, 1.807) is 87.9 Å². The summed E-state index contributed by atoms with van der Waals surface area (Å²) in [7, 11) is 0. The summed E-state index contributed by atoms with van der Waals surface area (Å²) in [6.45, 7) is 5.54. The third-order valence-corrected chi connectivity index (χ3v) is 11.9. The van der Waals surface area contributed by atoms with Crippen molar-refractivity contribution >= 4 is 68.3 Å². The largest absolute Gasteiger partial charge is 0.461 e. The van der Waals surface area contributed by atoms with Crippen LogP contribution in [-0.2, 0) is 30.2 Å². The van der Waals surface area contributed by atoms with E-state index in [1.165, 1.54) is 79.4 Å². The fourth-order valence-corrected chi connectivity index (χ4v) is 7.76. The van der Waals surface area contributed by atoms with E-state index in [1.807, 2.05) is 0 Å². The maximum absolute atomic E-state index is 14.0. The third-order valence-electron chi connectivity index (χ3n) is 11.9. The third kappa shape index (κ3) is 17.3. The Morgan fingerprint density at radius 3 is 1.61 bits per heavy atom. The molecule has 0 atom stereocenters. The summed E-state index contributed by atoms with van der Waals surface area (Å²) in [6.07, 6.45) is 9.76. The number of hydrazone groups is 1. The highest BCUT2D eigenvalue weighted by atomic mass is 19.2. The maximum atomic E-state index is 14.0. The van der Waals surface area contributed by atoms with Crippen molar-refractivity contribution in [2.45, 2.75) is 27.2 Å². The molecule has 12 aromatic rings. The van der Waals surface area contributed by atoms with E-state index in [-0.39, 0.29) is 64.8 Å². The average Bonchev–Trinajstić information content (AvgIpc) is 1.67. The van der Waals surface area contributed by atoms with Crippen LogP contribution in [0.3, 0.4) is 0 Å². The molecule has 5 N–H and O–H groups in total. The van der Waals surface area contributed by atoms with E-state index in [9.17, 15) is 54.7 Å². The van der Waals surface area contributed by atoms with Crippen molar-refractivity contribution in [1.29, 1.82) is 0 Å². The highest BCUT2D eigenvalue weighted by Crippen LogP contribution is 2.36. The summed E-state index contributed by atoms with van der Waals surface area (Å²) < 4.78 is 111. The van der Waals surface area contributed by atoms with Gasteiger partial charge < -0.3 is 24.6 Å². The van der Waals surface area contributed by atoms with Gasteiger partial charge >= 0.3 is 17.9 Å². The maximum Gasteiger partial charge on any atom is 0.379 e. The number of pyridine rings is 6. The Labute approximate surface area is 514 Å². The van der Waals surface area contributed by atoms with E-state index >= 15 is 0 Å². The zero-order chi connectivity index (χ0) is 66.1. The molecule has 0 radical (unpaired) electrons. The topological polar surface area (TPSA) is 341 Å². The number of Topliss-reactive ketones (excluding diaryl/α,β-unsaturated/α-hetero) is 2. The Kier molecular flexibility index (Phi) is 24.2. The van der Waals surface area contributed by atoms with E-state index in [2.05, 4.69) is 80.2 Å². The molecule has 2 aromatic carbocycles. The number of nitrogens with two attached hydrogens (primary N) is 1. The Hall–Kier alpha value is -12.3. The molecule has 92 heavy (non-hydrogen) atoms. The number of benzene rings is 2. The number of carbonyl (C=O) groups is 5. The van der Waals surface area contributed by atoms with Gasteiger partial charge in [0, 0.05) is 54.6 Å². The number of hydrogen-bond donors (Lipinski definition) is 4. The van der Waals surface area contributed by atoms with Gasteiger partial charge in [-0.15, -0.1) is 0 Å². The highest BCUT2D eigenvalue weighted by Gasteiger charge is 2.24. The van der Waals surface area contributed by atoms with Crippen LogP contribution in [0.25, 0.3) is 55.7 Å². The first-order valence-corrected chi connectivity index (χ1v) is 26.9. The van der Waals surface area contributed by atoms with E-state index in [0.29, 0.717) is 56.7 Å². The summed E-state index contributed by atoms with van der Waals surface area (Å²) in [5, 5.41) is 28.7. The van der Waals surface area contributed by atoms with Crippen LogP contribution in [0.5, 0.6) is 0 Å². The lowest BCUT2D eigenvalue weighted by Crippen LogP contribution is -2.22. The minimum Gasteiger partial charge on any atom is -0.461 e. The molecule has 10 heterocycles. The molecule has 24 nitrogen and oxygen atoms in total. The molecule has 0 unspecified atom stereocenters. The lowest BCUT2D eigenvalue weighted by Gasteiger charge is -2.04. The van der Waals surface area contributed by atoms with Crippen LogP contribution in [0.4, 0.5) is 30.7 Å². The Morgan fingerprint density at radius 1 is 0.511 bits per heavy atom. The molecule has 0 aliphatic rings. The van der Waals surface area contributed by atoms with Crippen molar-refractivity contribution in [2.24, 2.45) is 10.9 Å². The summed E-state index contributed by atoms with van der Waals surface area (Å²) in [4.78, 5) is 79.0. The number of nitrogens with one attached hydrogen (secondary N) is 3. The van der Waals surface area contributed by atoms with Gasteiger partial charge in [-0.1, -0.05) is 35.5 Å². The van der Waals surface area contributed by atoms with Crippen molar-refractivity contribution in [2.75, 3.05) is 19.8 Å². The average molecular weight is 1270 g/mol. The van der Waals surface area contributed by atoms with Crippen molar-refractivity contribution in [1.82, 2.24) is 65.7 Å². The summed E-state index contributed by atoms with van der Waals surface area (Å²) in [6, 6.07) is 28.1. The molecule has 0 aliphatic carbocycles. The molecule has 31 heteroatoms. The zero-order valence-corrected chi connectivity index (χ0v) is 48.2.